The standard InChI is InChI=1S/C10H12N6O3/c1-6-13-9(19-15-6)5-12-10-7(16(17)18)3-4-8(11-2)14-10/h3-4H,5H2,1-2H3,(H2,11,12,14). The van der Waals surface area contributed by atoms with Gasteiger partial charge >= 0.3 is 5.69 Å². The lowest BCUT2D eigenvalue weighted by atomic mass is 10.3. The normalized spacial score (nSPS) is 10.2. The summed E-state index contributed by atoms with van der Waals surface area (Å²) in [6, 6.07) is 2.90. The number of pyridine rings is 1. The van der Waals surface area contributed by atoms with E-state index in [1.165, 1.54) is 12.1 Å². The van der Waals surface area contributed by atoms with Gasteiger partial charge in [0.25, 0.3) is 0 Å². The summed E-state index contributed by atoms with van der Waals surface area (Å²) in [5.41, 5.74) is -0.116. The van der Waals surface area contributed by atoms with Crippen LogP contribution < -0.4 is 10.6 Å². The van der Waals surface area contributed by atoms with Crippen molar-refractivity contribution >= 4 is 17.3 Å². The van der Waals surface area contributed by atoms with Crippen LogP contribution >= 0.6 is 0 Å². The Morgan fingerprint density at radius 3 is 2.79 bits per heavy atom. The van der Waals surface area contributed by atoms with Crippen molar-refractivity contribution in [3.8, 4) is 0 Å². The maximum Gasteiger partial charge on any atom is 0.311 e. The number of nitrogens with one attached hydrogen (secondary N) is 2. The smallest absolute Gasteiger partial charge is 0.311 e. The molecule has 2 heterocycles. The molecular weight excluding hydrogens is 252 g/mol. The van der Waals surface area contributed by atoms with Gasteiger partial charge in [-0.05, 0) is 13.0 Å². The van der Waals surface area contributed by atoms with E-state index >= 15 is 0 Å². The van der Waals surface area contributed by atoms with Crippen molar-refractivity contribution in [1.29, 1.82) is 0 Å². The molecule has 2 rings (SSSR count). The summed E-state index contributed by atoms with van der Waals surface area (Å²) in [6.07, 6.45) is 0. The Balaban J connectivity index is 2.19. The fourth-order valence-corrected chi connectivity index (χ4v) is 1.44. The van der Waals surface area contributed by atoms with Crippen molar-refractivity contribution < 1.29 is 9.45 Å². The van der Waals surface area contributed by atoms with E-state index in [2.05, 4.69) is 25.8 Å². The average Bonchev–Trinajstić information content (AvgIpc) is 2.81. The van der Waals surface area contributed by atoms with Gasteiger partial charge in [-0.25, -0.2) is 4.98 Å². The Hall–Kier alpha value is -2.71. The number of nitro groups is 1. The summed E-state index contributed by atoms with van der Waals surface area (Å²) in [7, 11) is 1.68. The van der Waals surface area contributed by atoms with Crippen LogP contribution in [-0.4, -0.2) is 27.1 Å². The highest BCUT2D eigenvalue weighted by atomic mass is 16.6. The summed E-state index contributed by atoms with van der Waals surface area (Å²) >= 11 is 0. The second-order valence-electron chi connectivity index (χ2n) is 3.66. The molecule has 0 radical (unpaired) electrons. The Kier molecular flexibility index (Phi) is 3.55. The molecule has 0 atom stereocenters. The van der Waals surface area contributed by atoms with Gasteiger partial charge in [-0.1, -0.05) is 5.16 Å². The molecule has 0 spiro atoms. The Morgan fingerprint density at radius 2 is 2.21 bits per heavy atom. The fraction of sp³-hybridized carbons (Fsp3) is 0.300. The molecule has 0 aliphatic heterocycles. The molecule has 0 aromatic carbocycles. The number of hydrogen-bond acceptors (Lipinski definition) is 8. The van der Waals surface area contributed by atoms with Gasteiger partial charge in [-0.2, -0.15) is 4.98 Å². The molecule has 9 heteroatoms. The van der Waals surface area contributed by atoms with Crippen molar-refractivity contribution in [3.63, 3.8) is 0 Å². The van der Waals surface area contributed by atoms with Crippen molar-refractivity contribution in [1.82, 2.24) is 15.1 Å². The summed E-state index contributed by atoms with van der Waals surface area (Å²) in [4.78, 5) is 18.5. The molecule has 2 aromatic rings. The quantitative estimate of drug-likeness (QED) is 0.613. The van der Waals surface area contributed by atoms with Crippen LogP contribution in [0.2, 0.25) is 0 Å². The molecule has 0 amide bonds. The molecule has 100 valence electrons. The molecule has 0 unspecified atom stereocenters. The predicted molar refractivity (Wildman–Crippen MR) is 66.8 cm³/mol. The molecule has 19 heavy (non-hydrogen) atoms. The first-order valence-electron chi connectivity index (χ1n) is 5.46. The van der Waals surface area contributed by atoms with E-state index in [0.29, 0.717) is 17.5 Å². The van der Waals surface area contributed by atoms with Crippen LogP contribution in [0.4, 0.5) is 17.3 Å². The summed E-state index contributed by atoms with van der Waals surface area (Å²) in [5, 5.41) is 20.1. The third-order valence-corrected chi connectivity index (χ3v) is 2.30. The van der Waals surface area contributed by atoms with Crippen LogP contribution in [0.25, 0.3) is 0 Å². The van der Waals surface area contributed by atoms with E-state index in [0.717, 1.165) is 0 Å². The molecule has 0 saturated carbocycles. The number of hydrogen-bond donors (Lipinski definition) is 2. The van der Waals surface area contributed by atoms with E-state index in [-0.39, 0.29) is 18.1 Å². The van der Waals surface area contributed by atoms with Crippen molar-refractivity contribution in [3.05, 3.63) is 34.0 Å². The van der Waals surface area contributed by atoms with Crippen LogP contribution in [0, 0.1) is 17.0 Å². The van der Waals surface area contributed by atoms with Crippen LogP contribution in [0.1, 0.15) is 11.7 Å². The predicted octanol–water partition coefficient (Wildman–Crippen LogP) is 1.34. The van der Waals surface area contributed by atoms with Gasteiger partial charge in [-0.3, -0.25) is 10.1 Å². The Bertz CT molecular complexity index is 597. The zero-order chi connectivity index (χ0) is 13.8. The van der Waals surface area contributed by atoms with Gasteiger partial charge in [0.15, 0.2) is 5.82 Å². The minimum absolute atomic E-state index is 0.116. The number of aryl methyl sites for hydroxylation is 1. The van der Waals surface area contributed by atoms with Crippen LogP contribution in [0.5, 0.6) is 0 Å². The molecule has 0 bridgehead atoms. The van der Waals surface area contributed by atoms with Crippen LogP contribution in [-0.2, 0) is 6.54 Å². The van der Waals surface area contributed by atoms with E-state index in [9.17, 15) is 10.1 Å². The highest BCUT2D eigenvalue weighted by molar-refractivity contribution is 5.60. The minimum Gasteiger partial charge on any atom is -0.373 e. The van der Waals surface area contributed by atoms with E-state index in [1.54, 1.807) is 14.0 Å². The van der Waals surface area contributed by atoms with E-state index in [4.69, 9.17) is 4.52 Å². The molecule has 0 saturated heterocycles. The molecule has 0 aliphatic carbocycles. The second-order valence-corrected chi connectivity index (χ2v) is 3.66. The largest absolute Gasteiger partial charge is 0.373 e. The second kappa shape index (κ2) is 5.29. The number of anilines is 2. The lowest BCUT2D eigenvalue weighted by Gasteiger charge is -2.06. The maximum atomic E-state index is 10.9. The third kappa shape index (κ3) is 2.94. The zero-order valence-corrected chi connectivity index (χ0v) is 10.4. The van der Waals surface area contributed by atoms with Gasteiger partial charge in [0.1, 0.15) is 5.82 Å². The van der Waals surface area contributed by atoms with Crippen molar-refractivity contribution in [2.45, 2.75) is 13.5 Å². The van der Waals surface area contributed by atoms with Gasteiger partial charge < -0.3 is 15.2 Å². The molecule has 0 aliphatic rings. The van der Waals surface area contributed by atoms with Gasteiger partial charge in [0, 0.05) is 13.1 Å². The number of nitrogens with zero attached hydrogens (tertiary/aromatic N) is 4. The fourth-order valence-electron chi connectivity index (χ4n) is 1.44. The number of rotatable bonds is 5. The van der Waals surface area contributed by atoms with Gasteiger partial charge in [-0.15, -0.1) is 0 Å². The first kappa shape index (κ1) is 12.7. The van der Waals surface area contributed by atoms with Crippen molar-refractivity contribution in [2.75, 3.05) is 17.7 Å². The molecular formula is C10H12N6O3. The van der Waals surface area contributed by atoms with Crippen molar-refractivity contribution in [2.24, 2.45) is 0 Å². The third-order valence-electron chi connectivity index (χ3n) is 2.30. The molecule has 9 nitrogen and oxygen atoms in total. The Labute approximate surface area is 108 Å². The lowest BCUT2D eigenvalue weighted by Crippen LogP contribution is -2.06. The monoisotopic (exact) mass is 264 g/mol. The maximum absolute atomic E-state index is 10.9. The molecule has 0 fully saturated rings. The Morgan fingerprint density at radius 1 is 1.42 bits per heavy atom. The molecule has 2 N–H and O–H groups in total. The summed E-state index contributed by atoms with van der Waals surface area (Å²) < 4.78 is 4.91. The van der Waals surface area contributed by atoms with Gasteiger partial charge in [0.2, 0.25) is 11.7 Å². The van der Waals surface area contributed by atoms with Crippen LogP contribution in [0.15, 0.2) is 16.7 Å². The average molecular weight is 264 g/mol. The topological polar surface area (TPSA) is 119 Å². The highest BCUT2D eigenvalue weighted by Crippen LogP contribution is 2.24. The van der Waals surface area contributed by atoms with Gasteiger partial charge in [0.05, 0.1) is 11.5 Å². The number of aromatic nitrogens is 3. The minimum atomic E-state index is -0.506. The first-order valence-corrected chi connectivity index (χ1v) is 5.46. The zero-order valence-electron chi connectivity index (χ0n) is 10.4. The SMILES string of the molecule is CNc1ccc([N+](=O)[O-])c(NCc2nc(C)no2)n1. The van der Waals surface area contributed by atoms with Crippen LogP contribution in [0.3, 0.4) is 0 Å². The van der Waals surface area contributed by atoms with E-state index in [1.807, 2.05) is 0 Å². The highest BCUT2D eigenvalue weighted by Gasteiger charge is 2.16. The summed E-state index contributed by atoms with van der Waals surface area (Å²) in [5.74, 6) is 1.51. The molecule has 2 aromatic heterocycles. The summed E-state index contributed by atoms with van der Waals surface area (Å²) in [6.45, 7) is 1.86. The van der Waals surface area contributed by atoms with E-state index < -0.39 is 4.92 Å². The lowest BCUT2D eigenvalue weighted by molar-refractivity contribution is -0.384. The first-order chi connectivity index (χ1) is 9.10.